The van der Waals surface area contributed by atoms with E-state index in [1.54, 1.807) is 5.56 Å². The molecule has 0 amide bonds. The number of nitrogens with zero attached hydrogens (tertiary/aromatic N) is 2. The van der Waals surface area contributed by atoms with Gasteiger partial charge in [0.1, 0.15) is 5.58 Å². The Morgan fingerprint density at radius 1 is 0.707 bits per heavy atom. The van der Waals surface area contributed by atoms with Crippen molar-refractivity contribution in [2.45, 2.75) is 69.7 Å². The minimum Gasteiger partial charge on any atom is -0.468 e. The molecule has 4 heteroatoms. The van der Waals surface area contributed by atoms with Crippen molar-refractivity contribution in [1.82, 2.24) is 0 Å². The molecule has 1 fully saturated rings. The third-order valence-electron chi connectivity index (χ3n) is 12.0. The molecule has 3 nitrogen and oxygen atoms in total. The molecule has 10 rings (SSSR count). The Hall–Kier alpha value is -3.92. The molecule has 0 N–H and O–H groups in total. The zero-order valence-corrected chi connectivity index (χ0v) is 24.2. The van der Waals surface area contributed by atoms with E-state index in [0.29, 0.717) is 0 Å². The van der Waals surface area contributed by atoms with Gasteiger partial charge in [-0.15, -0.1) is 0 Å². The van der Waals surface area contributed by atoms with E-state index >= 15 is 0 Å². The molecule has 1 aliphatic carbocycles. The molecule has 5 aromatic rings. The van der Waals surface area contributed by atoms with Gasteiger partial charge in [-0.3, -0.25) is 0 Å². The third-order valence-corrected chi connectivity index (χ3v) is 12.0. The average Bonchev–Trinajstić information content (AvgIpc) is 3.46. The van der Waals surface area contributed by atoms with E-state index in [2.05, 4.69) is 116 Å². The molecule has 0 spiro atoms. The summed E-state index contributed by atoms with van der Waals surface area (Å²) in [7, 11) is 0. The first-order valence-electron chi connectivity index (χ1n) is 15.4. The summed E-state index contributed by atoms with van der Waals surface area (Å²) in [5.74, 6) is 0. The first-order valence-corrected chi connectivity index (χ1v) is 15.4. The highest BCUT2D eigenvalue weighted by atomic mass is 16.3. The average molecular weight is 532 g/mol. The number of para-hydroxylation sites is 3. The SMILES string of the molecule is CC1(C)c2ccccc2N2c3c1cc1c4c3B(c3ccccc3N4C3(C)CCCCC13C)c1oc3ccccc3c12. The van der Waals surface area contributed by atoms with Crippen LogP contribution in [0.3, 0.4) is 0 Å². The summed E-state index contributed by atoms with van der Waals surface area (Å²) in [6.45, 7) is 10.1. The number of rotatable bonds is 0. The van der Waals surface area contributed by atoms with Crippen molar-refractivity contribution in [1.29, 1.82) is 0 Å². The van der Waals surface area contributed by atoms with E-state index in [0.717, 1.165) is 11.2 Å². The molecule has 200 valence electrons. The molecule has 41 heavy (non-hydrogen) atoms. The molecule has 4 aliphatic heterocycles. The van der Waals surface area contributed by atoms with Gasteiger partial charge in [-0.25, -0.2) is 0 Å². The van der Waals surface area contributed by atoms with E-state index in [1.165, 1.54) is 81.6 Å². The van der Waals surface area contributed by atoms with E-state index in [9.17, 15) is 0 Å². The van der Waals surface area contributed by atoms with Gasteiger partial charge in [0.2, 0.25) is 0 Å². The number of fused-ring (bicyclic) bond motifs is 13. The van der Waals surface area contributed by atoms with Gasteiger partial charge in [-0.05, 0) is 71.6 Å². The molecule has 5 aliphatic rings. The minimum absolute atomic E-state index is 0.0328. The van der Waals surface area contributed by atoms with Crippen LogP contribution < -0.4 is 26.4 Å². The maximum atomic E-state index is 6.96. The Labute approximate surface area is 241 Å². The Morgan fingerprint density at radius 2 is 1.44 bits per heavy atom. The molecule has 4 aromatic carbocycles. The summed E-state index contributed by atoms with van der Waals surface area (Å²) in [6, 6.07) is 29.6. The molecule has 2 unspecified atom stereocenters. The summed E-state index contributed by atoms with van der Waals surface area (Å²) in [5, 5.41) is 1.20. The fourth-order valence-electron chi connectivity index (χ4n) is 9.78. The van der Waals surface area contributed by atoms with Crippen LogP contribution in [-0.4, -0.2) is 12.3 Å². The highest BCUT2D eigenvalue weighted by molar-refractivity contribution is 7.00. The van der Waals surface area contributed by atoms with Crippen LogP contribution in [0.1, 0.15) is 70.1 Å². The van der Waals surface area contributed by atoms with E-state index in [-0.39, 0.29) is 23.1 Å². The standard InChI is InChI=1S/C37H33BN2O/c1-35(2)23-14-6-8-16-27(23)39-31-22-13-5-10-18-29(22)41-34(31)38-26-15-7-9-17-28(26)40-33-25(21-24(35)32(39)30(33)38)36(3)19-11-12-20-37(36,40)4/h5-10,13-18,21H,11-12,19-20H2,1-4H3. The summed E-state index contributed by atoms with van der Waals surface area (Å²) >= 11 is 0. The fourth-order valence-corrected chi connectivity index (χ4v) is 9.78. The number of hydrogen-bond donors (Lipinski definition) is 0. The number of anilines is 5. The number of benzene rings is 4. The van der Waals surface area contributed by atoms with Crippen LogP contribution in [0.15, 0.2) is 83.3 Å². The highest BCUT2D eigenvalue weighted by Gasteiger charge is 2.63. The van der Waals surface area contributed by atoms with Crippen molar-refractivity contribution < 1.29 is 4.42 Å². The van der Waals surface area contributed by atoms with Gasteiger partial charge in [0, 0.05) is 33.3 Å². The van der Waals surface area contributed by atoms with Gasteiger partial charge in [0.25, 0.3) is 6.71 Å². The normalized spacial score (nSPS) is 25.4. The van der Waals surface area contributed by atoms with Gasteiger partial charge < -0.3 is 14.2 Å². The maximum Gasteiger partial charge on any atom is 0.297 e. The zero-order chi connectivity index (χ0) is 27.5. The maximum absolute atomic E-state index is 6.96. The van der Waals surface area contributed by atoms with Crippen molar-refractivity contribution in [3.63, 3.8) is 0 Å². The lowest BCUT2D eigenvalue weighted by molar-refractivity contribution is 0.195. The first kappa shape index (κ1) is 22.7. The van der Waals surface area contributed by atoms with Gasteiger partial charge >= 0.3 is 0 Å². The van der Waals surface area contributed by atoms with Gasteiger partial charge in [-0.1, -0.05) is 88.2 Å². The smallest absolute Gasteiger partial charge is 0.297 e. The topological polar surface area (TPSA) is 19.6 Å². The number of hydrogen-bond acceptors (Lipinski definition) is 3. The fraction of sp³-hybridized carbons (Fsp3) is 0.297. The minimum atomic E-state index is -0.124. The second-order valence-corrected chi connectivity index (χ2v) is 14.0. The second kappa shape index (κ2) is 6.93. The molecule has 0 saturated heterocycles. The van der Waals surface area contributed by atoms with Crippen LogP contribution >= 0.6 is 0 Å². The molecular weight excluding hydrogens is 499 g/mol. The Morgan fingerprint density at radius 3 is 2.32 bits per heavy atom. The Balaban J connectivity index is 1.44. The molecule has 2 atom stereocenters. The number of furan rings is 1. The van der Waals surface area contributed by atoms with Crippen LogP contribution in [0.25, 0.3) is 11.0 Å². The van der Waals surface area contributed by atoms with Gasteiger partial charge in [0.15, 0.2) is 0 Å². The molecule has 1 aromatic heterocycles. The van der Waals surface area contributed by atoms with E-state index < -0.39 is 0 Å². The van der Waals surface area contributed by atoms with Crippen molar-refractivity contribution in [3.05, 3.63) is 95.6 Å². The largest absolute Gasteiger partial charge is 0.468 e. The van der Waals surface area contributed by atoms with Crippen molar-refractivity contribution in [3.8, 4) is 0 Å². The summed E-state index contributed by atoms with van der Waals surface area (Å²) in [4.78, 5) is 5.38. The Bertz CT molecular complexity index is 2000. The van der Waals surface area contributed by atoms with Crippen LogP contribution in [0.4, 0.5) is 28.4 Å². The van der Waals surface area contributed by atoms with E-state index in [1.807, 2.05) is 0 Å². The summed E-state index contributed by atoms with van der Waals surface area (Å²) < 4.78 is 6.96. The predicted molar refractivity (Wildman–Crippen MR) is 170 cm³/mol. The molecule has 5 heterocycles. The van der Waals surface area contributed by atoms with Crippen molar-refractivity contribution in [2.75, 3.05) is 9.80 Å². The second-order valence-electron chi connectivity index (χ2n) is 14.0. The summed E-state index contributed by atoms with van der Waals surface area (Å²) in [6.07, 6.45) is 5.02. The molecule has 0 bridgehead atoms. The van der Waals surface area contributed by atoms with Crippen LogP contribution in [-0.2, 0) is 10.8 Å². The van der Waals surface area contributed by atoms with Gasteiger partial charge in [0.05, 0.1) is 22.6 Å². The molecule has 1 saturated carbocycles. The monoisotopic (exact) mass is 532 g/mol. The Kier molecular flexibility index (Phi) is 3.84. The molecule has 0 radical (unpaired) electrons. The van der Waals surface area contributed by atoms with Gasteiger partial charge in [-0.2, -0.15) is 0 Å². The quantitative estimate of drug-likeness (QED) is 0.190. The third kappa shape index (κ3) is 2.30. The van der Waals surface area contributed by atoms with Crippen LogP contribution in [0, 0.1) is 0 Å². The van der Waals surface area contributed by atoms with Crippen molar-refractivity contribution >= 4 is 62.7 Å². The van der Waals surface area contributed by atoms with Crippen molar-refractivity contribution in [2.24, 2.45) is 0 Å². The van der Waals surface area contributed by atoms with Crippen LogP contribution in [0.5, 0.6) is 0 Å². The lowest BCUT2D eigenvalue weighted by Crippen LogP contribution is -2.64. The first-order chi connectivity index (χ1) is 19.9. The molecular formula is C37H33BN2O. The predicted octanol–water partition coefficient (Wildman–Crippen LogP) is 7.43. The lowest BCUT2D eigenvalue weighted by atomic mass is 9.35. The lowest BCUT2D eigenvalue weighted by Gasteiger charge is -2.52. The van der Waals surface area contributed by atoms with Crippen LogP contribution in [0.2, 0.25) is 0 Å². The zero-order valence-electron chi connectivity index (χ0n) is 24.2. The van der Waals surface area contributed by atoms with E-state index in [4.69, 9.17) is 4.42 Å². The summed E-state index contributed by atoms with van der Waals surface area (Å²) in [5.41, 5.74) is 16.0. The highest BCUT2D eigenvalue weighted by Crippen LogP contribution is 2.64.